The lowest BCUT2D eigenvalue weighted by molar-refractivity contribution is -0.143. The summed E-state index contributed by atoms with van der Waals surface area (Å²) in [6.07, 6.45) is 3.84. The molecule has 0 aromatic carbocycles. The van der Waals surface area contributed by atoms with Crippen molar-refractivity contribution in [2.45, 2.75) is 123 Å². The van der Waals surface area contributed by atoms with E-state index in [9.17, 15) is 38.4 Å². The second-order valence-electron chi connectivity index (χ2n) is 14.9. The van der Waals surface area contributed by atoms with Crippen LogP contribution in [0.5, 0.6) is 0 Å². The van der Waals surface area contributed by atoms with Crippen LogP contribution in [0.25, 0.3) is 0 Å². The van der Waals surface area contributed by atoms with Crippen LogP contribution in [0.2, 0.25) is 0 Å². The summed E-state index contributed by atoms with van der Waals surface area (Å²) in [5.74, 6) is -5.77. The van der Waals surface area contributed by atoms with E-state index in [2.05, 4.69) is 50.7 Å². The molecule has 1 aliphatic rings. The molecule has 3 unspecified atom stereocenters. The minimum absolute atomic E-state index is 0.0290. The van der Waals surface area contributed by atoms with Crippen LogP contribution in [0, 0.1) is 11.3 Å². The number of amides is 8. The number of likely N-dealkylation sites (tertiary alicyclic amines) is 1. The van der Waals surface area contributed by atoms with Crippen LogP contribution in [0.3, 0.4) is 0 Å². The number of nitrogens with one attached hydrogen (secondary N) is 6. The summed E-state index contributed by atoms with van der Waals surface area (Å²) in [6.45, 7) is 10.6. The van der Waals surface area contributed by atoms with Crippen molar-refractivity contribution in [3.05, 3.63) is 11.9 Å². The van der Waals surface area contributed by atoms with Gasteiger partial charge in [-0.2, -0.15) is 0 Å². The van der Waals surface area contributed by atoms with E-state index in [0.717, 1.165) is 0 Å². The number of rotatable bonds is 24. The average molecular weight is 824 g/mol. The number of carbonyl (C=O) groups excluding carboxylic acids is 8. The molecule has 0 bridgehead atoms. The number of hydrogen-bond donors (Lipinski definition) is 11. The lowest BCUT2D eigenvalue weighted by Crippen LogP contribution is -2.57. The normalized spacial score (nSPS) is 15.3. The highest BCUT2D eigenvalue weighted by Crippen LogP contribution is 2.19. The minimum Gasteiger partial charge on any atom is -0.403 e. The van der Waals surface area contributed by atoms with Gasteiger partial charge in [-0.25, -0.2) is 0 Å². The summed E-state index contributed by atoms with van der Waals surface area (Å²) in [6, 6.07) is -4.43. The van der Waals surface area contributed by atoms with Crippen molar-refractivity contribution in [1.82, 2.24) is 36.8 Å². The molecule has 1 saturated heterocycles. The van der Waals surface area contributed by atoms with Gasteiger partial charge >= 0.3 is 0 Å². The highest BCUT2D eigenvalue weighted by molar-refractivity contribution is 6.05. The van der Waals surface area contributed by atoms with Crippen LogP contribution in [-0.2, 0) is 38.4 Å². The maximum absolute atomic E-state index is 13.5. The van der Waals surface area contributed by atoms with E-state index < -0.39 is 83.4 Å². The van der Waals surface area contributed by atoms with Gasteiger partial charge in [0.05, 0.1) is 6.54 Å². The predicted molar refractivity (Wildman–Crippen MR) is 219 cm³/mol. The van der Waals surface area contributed by atoms with Crippen molar-refractivity contribution < 1.29 is 38.4 Å². The zero-order valence-electron chi connectivity index (χ0n) is 35.2. The molecule has 0 spiro atoms. The van der Waals surface area contributed by atoms with E-state index >= 15 is 0 Å². The highest BCUT2D eigenvalue weighted by Gasteiger charge is 2.39. The average Bonchev–Trinajstić information content (AvgIpc) is 3.65. The molecule has 1 fully saturated rings. The molecule has 1 aliphatic heterocycles. The van der Waals surface area contributed by atoms with Gasteiger partial charge in [0.15, 0.2) is 5.96 Å². The largest absolute Gasteiger partial charge is 0.403 e. The van der Waals surface area contributed by atoms with Crippen molar-refractivity contribution in [2.75, 3.05) is 33.2 Å². The molecule has 21 nitrogen and oxygen atoms in total. The second kappa shape index (κ2) is 27.1. The highest BCUT2D eigenvalue weighted by atomic mass is 16.2. The van der Waals surface area contributed by atoms with Crippen molar-refractivity contribution in [1.29, 1.82) is 0 Å². The quantitative estimate of drug-likeness (QED) is 0.0206. The van der Waals surface area contributed by atoms with E-state index in [1.165, 1.54) is 31.4 Å². The summed E-state index contributed by atoms with van der Waals surface area (Å²) in [4.78, 5) is 108. The third-order valence-electron chi connectivity index (χ3n) is 8.87. The Labute approximate surface area is 341 Å². The zero-order valence-corrected chi connectivity index (χ0v) is 35.2. The molecule has 4 atom stereocenters. The van der Waals surface area contributed by atoms with Gasteiger partial charge in [0.1, 0.15) is 29.6 Å². The number of nitrogens with zero attached hydrogens (tertiary/aromatic N) is 2. The number of hydrogen-bond acceptors (Lipinski definition) is 11. The van der Waals surface area contributed by atoms with E-state index in [1.54, 1.807) is 7.05 Å². The van der Waals surface area contributed by atoms with Crippen molar-refractivity contribution in [2.24, 2.45) is 45.0 Å². The number of primary amides is 2. The number of carbonyl (C=O) groups is 8. The van der Waals surface area contributed by atoms with Gasteiger partial charge in [-0.05, 0) is 58.3 Å². The van der Waals surface area contributed by atoms with E-state index in [1.807, 2.05) is 13.8 Å². The molecule has 330 valence electrons. The standard InChI is InChI=1S/C34H61N13O8.C3H8/c1-19(2)16-23(27(37)50)45-29(52)21(8-6-13-42-33(38)39)44-30(53)24-9-7-15-47(24)26(49)18-43-28(51)22(10-11-25(36)48)46-32(55)34(3,4)31(54)41-14-12-20(17-35)40-5;1-3-2/h17,19,21-24,40H,6-16,18,35H2,1-5H3,(H2,36,48)(H2,37,50)(H,41,54)(H,43,51)(H,44,53)(H,45,52)(H,46,55)(H4,38,39,42);3H2,1-2H3/b20-17-;/t21?,22?,23?,24-;/m0./s1. The van der Waals surface area contributed by atoms with Crippen LogP contribution < -0.4 is 60.6 Å². The second-order valence-corrected chi connectivity index (χ2v) is 14.9. The van der Waals surface area contributed by atoms with Crippen molar-refractivity contribution >= 4 is 53.2 Å². The van der Waals surface area contributed by atoms with E-state index in [4.69, 9.17) is 28.7 Å². The maximum atomic E-state index is 13.5. The van der Waals surface area contributed by atoms with Gasteiger partial charge in [-0.3, -0.25) is 43.3 Å². The third kappa shape index (κ3) is 19.5. The van der Waals surface area contributed by atoms with E-state index in [-0.39, 0.29) is 63.6 Å². The Morgan fingerprint density at radius 1 is 0.845 bits per heavy atom. The van der Waals surface area contributed by atoms with Crippen LogP contribution in [0.15, 0.2) is 16.9 Å². The van der Waals surface area contributed by atoms with E-state index in [0.29, 0.717) is 25.0 Å². The number of nitrogens with two attached hydrogens (primary N) is 5. The van der Waals surface area contributed by atoms with Gasteiger partial charge in [-0.15, -0.1) is 0 Å². The van der Waals surface area contributed by atoms with Crippen LogP contribution in [0.1, 0.15) is 99.3 Å². The van der Waals surface area contributed by atoms with Gasteiger partial charge in [0.2, 0.25) is 47.3 Å². The Morgan fingerprint density at radius 3 is 2.00 bits per heavy atom. The molecule has 8 amide bonds. The Morgan fingerprint density at radius 2 is 1.47 bits per heavy atom. The van der Waals surface area contributed by atoms with Crippen molar-refractivity contribution in [3.8, 4) is 0 Å². The molecule has 16 N–H and O–H groups in total. The SMILES string of the molecule is CCC.CN/C(=C\N)CCNC(=O)C(C)(C)C(=O)NC(CCC(N)=O)C(=O)NCC(=O)N1CCC[C@H]1C(=O)NC(CCCN=C(N)N)C(=O)NC(CC(C)C)C(N)=O. The molecule has 21 heteroatoms. The monoisotopic (exact) mass is 824 g/mol. The summed E-state index contributed by atoms with van der Waals surface area (Å²) in [7, 11) is 1.67. The van der Waals surface area contributed by atoms with Gasteiger partial charge in [0, 0.05) is 51.4 Å². The lowest BCUT2D eigenvalue weighted by Gasteiger charge is -2.28. The molecular weight excluding hydrogens is 754 g/mol. The van der Waals surface area contributed by atoms with Crippen LogP contribution in [0.4, 0.5) is 0 Å². The van der Waals surface area contributed by atoms with Gasteiger partial charge < -0.3 is 65.5 Å². The smallest absolute Gasteiger partial charge is 0.243 e. The molecule has 1 rings (SSSR count). The lowest BCUT2D eigenvalue weighted by atomic mass is 9.90. The Kier molecular flexibility index (Phi) is 24.5. The first kappa shape index (κ1) is 52.4. The first-order chi connectivity index (χ1) is 27.2. The minimum atomic E-state index is -1.64. The third-order valence-corrected chi connectivity index (χ3v) is 8.87. The first-order valence-electron chi connectivity index (χ1n) is 19.6. The fourth-order valence-corrected chi connectivity index (χ4v) is 5.58. The predicted octanol–water partition coefficient (Wildman–Crippen LogP) is -2.63. The topological polar surface area (TPSA) is 354 Å². The molecular formula is C37H69N13O8. The van der Waals surface area contributed by atoms with Gasteiger partial charge in [0.25, 0.3) is 0 Å². The van der Waals surface area contributed by atoms with Crippen molar-refractivity contribution in [3.63, 3.8) is 0 Å². The summed E-state index contributed by atoms with van der Waals surface area (Å²) < 4.78 is 0. The maximum Gasteiger partial charge on any atom is 0.243 e. The molecule has 0 aliphatic carbocycles. The Balaban J connectivity index is 0.0000105. The summed E-state index contributed by atoms with van der Waals surface area (Å²) in [5.41, 5.74) is 26.1. The number of guanidine groups is 1. The summed E-state index contributed by atoms with van der Waals surface area (Å²) >= 11 is 0. The van der Waals surface area contributed by atoms with Crippen LogP contribution in [-0.4, -0.2) is 116 Å². The molecule has 0 aromatic rings. The zero-order chi connectivity index (χ0) is 44.6. The van der Waals surface area contributed by atoms with Crippen LogP contribution >= 0.6 is 0 Å². The van der Waals surface area contributed by atoms with Gasteiger partial charge in [-0.1, -0.05) is 34.1 Å². The Hall–Kier alpha value is -5.63. The molecule has 0 aromatic heterocycles. The summed E-state index contributed by atoms with van der Waals surface area (Å²) in [5, 5.41) is 15.7. The number of aliphatic imine (C=N–C) groups is 1. The fourth-order valence-electron chi connectivity index (χ4n) is 5.58. The first-order valence-corrected chi connectivity index (χ1v) is 19.6. The fraction of sp³-hybridized carbons (Fsp3) is 0.703. The molecule has 58 heavy (non-hydrogen) atoms. The molecule has 0 saturated carbocycles. The Bertz CT molecular complexity index is 1460. The molecule has 0 radical (unpaired) electrons. The molecule has 1 heterocycles.